The zero-order chi connectivity index (χ0) is 14.9. The average Bonchev–Trinajstić information content (AvgIpc) is 3.20. The predicted octanol–water partition coefficient (Wildman–Crippen LogP) is 3.00. The number of carboxylic acid groups (broad SMARTS) is 1. The molecule has 0 aliphatic heterocycles. The number of aromatic nitrogens is 1. The summed E-state index contributed by atoms with van der Waals surface area (Å²) in [5.41, 5.74) is 0.148. The third-order valence-corrected chi connectivity index (χ3v) is 5.30. The van der Waals surface area contributed by atoms with Crippen molar-refractivity contribution in [1.29, 1.82) is 0 Å². The van der Waals surface area contributed by atoms with Gasteiger partial charge in [-0.15, -0.1) is 11.3 Å². The molecule has 110 valence electrons. The fourth-order valence-electron chi connectivity index (χ4n) is 2.55. The molecule has 1 aliphatic rings. The van der Waals surface area contributed by atoms with E-state index in [1.807, 2.05) is 16.8 Å². The summed E-state index contributed by atoms with van der Waals surface area (Å²) in [6, 6.07) is 1.95. The van der Waals surface area contributed by atoms with Gasteiger partial charge in [-0.2, -0.15) is 11.3 Å². The number of hydrogen-bond acceptors (Lipinski definition) is 5. The molecule has 1 aliphatic carbocycles. The standard InChI is InChI=1S/C14H14N2O3S2/c17-11(16-14(13(18)19)4-1-2-5-14)10-8-21-12(15-10)9-3-6-20-7-9/h3,6-8H,1-2,4-5H2,(H,16,17)(H,18,19). The molecule has 0 radical (unpaired) electrons. The number of thiazole rings is 1. The molecule has 2 N–H and O–H groups in total. The normalized spacial score (nSPS) is 16.8. The van der Waals surface area contributed by atoms with Crippen molar-refractivity contribution in [3.8, 4) is 10.6 Å². The monoisotopic (exact) mass is 322 g/mol. The van der Waals surface area contributed by atoms with E-state index in [4.69, 9.17) is 0 Å². The Morgan fingerprint density at radius 3 is 2.67 bits per heavy atom. The molecule has 2 heterocycles. The van der Waals surface area contributed by atoms with E-state index in [0.29, 0.717) is 12.8 Å². The van der Waals surface area contributed by atoms with Crippen LogP contribution in [-0.2, 0) is 4.79 Å². The summed E-state index contributed by atoms with van der Waals surface area (Å²) in [4.78, 5) is 28.0. The number of carbonyl (C=O) groups is 2. The van der Waals surface area contributed by atoms with E-state index in [2.05, 4.69) is 10.3 Å². The zero-order valence-electron chi connectivity index (χ0n) is 11.2. The first-order chi connectivity index (χ1) is 10.1. The smallest absolute Gasteiger partial charge is 0.329 e. The number of amides is 1. The lowest BCUT2D eigenvalue weighted by atomic mass is 9.98. The van der Waals surface area contributed by atoms with Gasteiger partial charge in [-0.05, 0) is 24.3 Å². The third-order valence-electron chi connectivity index (χ3n) is 3.72. The molecule has 0 unspecified atom stereocenters. The molecule has 0 bridgehead atoms. The number of rotatable bonds is 4. The summed E-state index contributed by atoms with van der Waals surface area (Å²) < 4.78 is 0. The van der Waals surface area contributed by atoms with Crippen LogP contribution < -0.4 is 5.32 Å². The lowest BCUT2D eigenvalue weighted by Crippen LogP contribution is -2.52. The van der Waals surface area contributed by atoms with Gasteiger partial charge in [0.2, 0.25) is 0 Å². The van der Waals surface area contributed by atoms with Crippen LogP contribution in [0.2, 0.25) is 0 Å². The van der Waals surface area contributed by atoms with Gasteiger partial charge >= 0.3 is 5.97 Å². The highest BCUT2D eigenvalue weighted by molar-refractivity contribution is 7.14. The van der Waals surface area contributed by atoms with E-state index in [1.165, 1.54) is 11.3 Å². The maximum Gasteiger partial charge on any atom is 0.329 e. The summed E-state index contributed by atoms with van der Waals surface area (Å²) in [5, 5.41) is 18.4. The lowest BCUT2D eigenvalue weighted by Gasteiger charge is -2.24. The minimum absolute atomic E-state index is 0.286. The SMILES string of the molecule is O=C(NC1(C(=O)O)CCCC1)c1csc(-c2ccsc2)n1. The second-order valence-corrected chi connectivity index (χ2v) is 6.74. The second-order valence-electron chi connectivity index (χ2n) is 5.10. The second kappa shape index (κ2) is 5.57. The molecule has 5 nitrogen and oxygen atoms in total. The van der Waals surface area contributed by atoms with Crippen molar-refractivity contribution in [2.24, 2.45) is 0 Å². The van der Waals surface area contributed by atoms with E-state index in [1.54, 1.807) is 16.7 Å². The Kier molecular flexibility index (Phi) is 3.77. The molecule has 0 atom stereocenters. The average molecular weight is 322 g/mol. The molecule has 1 fully saturated rings. The summed E-state index contributed by atoms with van der Waals surface area (Å²) >= 11 is 2.96. The maximum absolute atomic E-state index is 12.3. The largest absolute Gasteiger partial charge is 0.480 e. The van der Waals surface area contributed by atoms with Gasteiger partial charge in [0.15, 0.2) is 0 Å². The van der Waals surface area contributed by atoms with Crippen LogP contribution in [0, 0.1) is 0 Å². The van der Waals surface area contributed by atoms with Crippen molar-refractivity contribution in [2.75, 3.05) is 0 Å². The highest BCUT2D eigenvalue weighted by Gasteiger charge is 2.43. The molecule has 0 saturated heterocycles. The maximum atomic E-state index is 12.3. The molecule has 2 aromatic heterocycles. The Labute approximate surface area is 129 Å². The third kappa shape index (κ3) is 2.71. The number of thiophene rings is 1. The van der Waals surface area contributed by atoms with Crippen molar-refractivity contribution >= 4 is 34.6 Å². The van der Waals surface area contributed by atoms with Crippen molar-refractivity contribution in [1.82, 2.24) is 10.3 Å². The van der Waals surface area contributed by atoms with Crippen LogP contribution in [0.1, 0.15) is 36.2 Å². The first-order valence-corrected chi connectivity index (χ1v) is 8.47. The van der Waals surface area contributed by atoms with Crippen LogP contribution in [-0.4, -0.2) is 27.5 Å². The highest BCUT2D eigenvalue weighted by Crippen LogP contribution is 2.31. The molecule has 1 amide bonds. The van der Waals surface area contributed by atoms with Crippen LogP contribution >= 0.6 is 22.7 Å². The van der Waals surface area contributed by atoms with Gasteiger partial charge in [0.1, 0.15) is 16.2 Å². The quantitative estimate of drug-likeness (QED) is 0.907. The van der Waals surface area contributed by atoms with Gasteiger partial charge in [-0.3, -0.25) is 4.79 Å². The van der Waals surface area contributed by atoms with Crippen molar-refractivity contribution in [3.63, 3.8) is 0 Å². The molecule has 0 aromatic carbocycles. The molecular formula is C14H14N2O3S2. The molecule has 21 heavy (non-hydrogen) atoms. The van der Waals surface area contributed by atoms with E-state index in [-0.39, 0.29) is 5.69 Å². The molecule has 7 heteroatoms. The van der Waals surface area contributed by atoms with Gasteiger partial charge in [0.25, 0.3) is 5.91 Å². The number of nitrogens with one attached hydrogen (secondary N) is 1. The van der Waals surface area contributed by atoms with Gasteiger partial charge in [0.05, 0.1) is 0 Å². The van der Waals surface area contributed by atoms with Crippen LogP contribution in [0.4, 0.5) is 0 Å². The van der Waals surface area contributed by atoms with Crippen molar-refractivity contribution in [3.05, 3.63) is 27.9 Å². The molecule has 0 spiro atoms. The van der Waals surface area contributed by atoms with E-state index in [9.17, 15) is 14.7 Å². The van der Waals surface area contributed by atoms with E-state index < -0.39 is 17.4 Å². The Hall–Kier alpha value is -1.73. The molecule has 1 saturated carbocycles. The number of carbonyl (C=O) groups excluding carboxylic acids is 1. The Balaban J connectivity index is 1.78. The fraction of sp³-hybridized carbons (Fsp3) is 0.357. The van der Waals surface area contributed by atoms with Crippen LogP contribution in [0.25, 0.3) is 10.6 Å². The minimum Gasteiger partial charge on any atom is -0.480 e. The first kappa shape index (κ1) is 14.2. The molecule has 3 rings (SSSR count). The summed E-state index contributed by atoms with van der Waals surface area (Å²) in [6.07, 6.45) is 2.61. The van der Waals surface area contributed by atoms with E-state index in [0.717, 1.165) is 23.4 Å². The zero-order valence-corrected chi connectivity index (χ0v) is 12.8. The topological polar surface area (TPSA) is 79.3 Å². The minimum atomic E-state index is -1.12. The summed E-state index contributed by atoms with van der Waals surface area (Å²) in [6.45, 7) is 0. The number of nitrogens with zero attached hydrogens (tertiary/aromatic N) is 1. The van der Waals surface area contributed by atoms with Crippen LogP contribution in [0.5, 0.6) is 0 Å². The Morgan fingerprint density at radius 1 is 1.29 bits per heavy atom. The lowest BCUT2D eigenvalue weighted by molar-refractivity contribution is -0.144. The number of aliphatic carboxylic acids is 1. The molecular weight excluding hydrogens is 308 g/mol. The van der Waals surface area contributed by atoms with Crippen molar-refractivity contribution < 1.29 is 14.7 Å². The van der Waals surface area contributed by atoms with Gasteiger partial charge in [0, 0.05) is 16.3 Å². The van der Waals surface area contributed by atoms with Crippen molar-refractivity contribution in [2.45, 2.75) is 31.2 Å². The fourth-order valence-corrected chi connectivity index (χ4v) is 4.06. The van der Waals surface area contributed by atoms with Crippen LogP contribution in [0.15, 0.2) is 22.2 Å². The van der Waals surface area contributed by atoms with Gasteiger partial charge in [-0.25, -0.2) is 9.78 Å². The summed E-state index contributed by atoms with van der Waals surface area (Å²) in [5.74, 6) is -1.36. The van der Waals surface area contributed by atoms with Gasteiger partial charge in [-0.1, -0.05) is 12.8 Å². The number of hydrogen-bond donors (Lipinski definition) is 2. The van der Waals surface area contributed by atoms with E-state index >= 15 is 0 Å². The Bertz CT molecular complexity index is 658. The summed E-state index contributed by atoms with van der Waals surface area (Å²) in [7, 11) is 0. The predicted molar refractivity (Wildman–Crippen MR) is 81.7 cm³/mol. The van der Waals surface area contributed by atoms with Crippen LogP contribution in [0.3, 0.4) is 0 Å². The molecule has 2 aromatic rings. The Morgan fingerprint density at radius 2 is 2.05 bits per heavy atom. The first-order valence-electron chi connectivity index (χ1n) is 6.65. The highest BCUT2D eigenvalue weighted by atomic mass is 32.1. The number of carboxylic acids is 1. The van der Waals surface area contributed by atoms with Gasteiger partial charge < -0.3 is 10.4 Å².